The van der Waals surface area contributed by atoms with E-state index >= 15 is 0 Å². The minimum atomic E-state index is -0.285. The Kier molecular flexibility index (Phi) is 2.44. The van der Waals surface area contributed by atoms with Crippen molar-refractivity contribution in [2.24, 2.45) is 0 Å². The van der Waals surface area contributed by atoms with Crippen LogP contribution < -0.4 is 0 Å². The third kappa shape index (κ3) is 1.86. The lowest BCUT2D eigenvalue weighted by Gasteiger charge is -2.13. The maximum atomic E-state index is 9.19. The molecule has 1 fully saturated rings. The lowest BCUT2D eigenvalue weighted by Crippen LogP contribution is -2.22. The zero-order valence-electron chi connectivity index (χ0n) is 7.20. The molecule has 1 heterocycles. The summed E-state index contributed by atoms with van der Waals surface area (Å²) in [6.07, 6.45) is 5.70. The van der Waals surface area contributed by atoms with Crippen LogP contribution >= 0.6 is 0 Å². The number of hydrogen-bond donors (Lipinski definition) is 1. The van der Waals surface area contributed by atoms with Crippen molar-refractivity contribution in [3.05, 3.63) is 11.6 Å². The predicted molar refractivity (Wildman–Crippen MR) is 45.5 cm³/mol. The minimum Gasteiger partial charge on any atom is -0.389 e. The molecule has 0 bridgehead atoms. The molecule has 1 aliphatic heterocycles. The van der Waals surface area contributed by atoms with Crippen LogP contribution in [0.3, 0.4) is 0 Å². The van der Waals surface area contributed by atoms with E-state index in [-0.39, 0.29) is 6.10 Å². The van der Waals surface area contributed by atoms with Crippen molar-refractivity contribution in [3.63, 3.8) is 0 Å². The Morgan fingerprint density at radius 2 is 2.58 bits per heavy atom. The van der Waals surface area contributed by atoms with Crippen molar-refractivity contribution < 1.29 is 9.94 Å². The Morgan fingerprint density at radius 3 is 3.17 bits per heavy atom. The molecule has 3 heteroatoms. The maximum absolute atomic E-state index is 9.19. The van der Waals surface area contributed by atoms with E-state index in [9.17, 15) is 5.11 Å². The normalized spacial score (nSPS) is 31.1. The van der Waals surface area contributed by atoms with E-state index in [2.05, 4.69) is 6.08 Å². The van der Waals surface area contributed by atoms with Crippen molar-refractivity contribution >= 4 is 0 Å². The second-order valence-electron chi connectivity index (χ2n) is 3.53. The van der Waals surface area contributed by atoms with Crippen LogP contribution in [0.15, 0.2) is 11.6 Å². The molecule has 1 saturated heterocycles. The number of hydroxylamine groups is 2. The summed E-state index contributed by atoms with van der Waals surface area (Å²) in [4.78, 5) is 5.27. The highest BCUT2D eigenvalue weighted by molar-refractivity contribution is 5.09. The molecule has 0 aromatic rings. The molecule has 12 heavy (non-hydrogen) atoms. The highest BCUT2D eigenvalue weighted by Gasteiger charge is 2.22. The third-order valence-corrected chi connectivity index (χ3v) is 2.38. The van der Waals surface area contributed by atoms with Gasteiger partial charge in [0.15, 0.2) is 0 Å². The van der Waals surface area contributed by atoms with Gasteiger partial charge >= 0.3 is 0 Å². The molecule has 0 saturated carbocycles. The number of aliphatic hydroxyl groups excluding tert-OH is 1. The topological polar surface area (TPSA) is 32.7 Å². The molecule has 0 amide bonds. The van der Waals surface area contributed by atoms with E-state index in [4.69, 9.17) is 4.84 Å². The van der Waals surface area contributed by atoms with Crippen molar-refractivity contribution in [1.29, 1.82) is 0 Å². The van der Waals surface area contributed by atoms with E-state index in [1.807, 2.05) is 5.06 Å². The zero-order chi connectivity index (χ0) is 8.39. The Hall–Kier alpha value is -0.380. The summed E-state index contributed by atoms with van der Waals surface area (Å²) in [5, 5.41) is 11.1. The number of hydrogen-bond acceptors (Lipinski definition) is 3. The number of aliphatic hydroxyl groups is 1. The number of nitrogens with zero attached hydrogens (tertiary/aromatic N) is 1. The van der Waals surface area contributed by atoms with Crippen LogP contribution in [-0.2, 0) is 4.84 Å². The van der Waals surface area contributed by atoms with Crippen LogP contribution in [0.2, 0.25) is 0 Å². The summed E-state index contributed by atoms with van der Waals surface area (Å²) in [6.45, 7) is 2.02. The first-order valence-corrected chi connectivity index (χ1v) is 4.58. The summed E-state index contributed by atoms with van der Waals surface area (Å²) in [6, 6.07) is 0. The van der Waals surface area contributed by atoms with Crippen LogP contribution in [0.1, 0.15) is 19.3 Å². The molecular weight excluding hydrogens is 154 g/mol. The van der Waals surface area contributed by atoms with Crippen LogP contribution in [0.5, 0.6) is 0 Å². The van der Waals surface area contributed by atoms with E-state index in [1.54, 1.807) is 0 Å². The van der Waals surface area contributed by atoms with Gasteiger partial charge in [-0.05, 0) is 19.3 Å². The first kappa shape index (κ1) is 8.23. The second-order valence-corrected chi connectivity index (χ2v) is 3.53. The molecular formula is C9H15NO2. The number of allylic oxidation sites excluding steroid dienone is 1. The maximum Gasteiger partial charge on any atom is 0.0958 e. The summed E-state index contributed by atoms with van der Waals surface area (Å²) in [7, 11) is 0. The van der Waals surface area contributed by atoms with Gasteiger partial charge in [0.2, 0.25) is 0 Å². The Morgan fingerprint density at radius 1 is 1.67 bits per heavy atom. The Balaban J connectivity index is 1.79. The zero-order valence-corrected chi connectivity index (χ0v) is 7.20. The average Bonchev–Trinajstić information content (AvgIpc) is 2.63. The molecule has 1 atom stereocenters. The van der Waals surface area contributed by atoms with Gasteiger partial charge in [0.05, 0.1) is 19.3 Å². The fourth-order valence-corrected chi connectivity index (χ4v) is 1.75. The molecule has 2 rings (SSSR count). The number of β-amino-alcohol motifs (C(OH)–C–C–N with tert-alkyl or cyclic N) is 1. The molecule has 0 spiro atoms. The third-order valence-electron chi connectivity index (χ3n) is 2.38. The lowest BCUT2D eigenvalue weighted by molar-refractivity contribution is -0.103. The van der Waals surface area contributed by atoms with Crippen LogP contribution in [0.4, 0.5) is 0 Å². The smallest absolute Gasteiger partial charge is 0.0958 e. The summed E-state index contributed by atoms with van der Waals surface area (Å²) < 4.78 is 0. The average molecular weight is 169 g/mol. The van der Waals surface area contributed by atoms with Gasteiger partial charge in [-0.3, -0.25) is 4.84 Å². The number of rotatable bonds is 2. The fraction of sp³-hybridized carbons (Fsp3) is 0.778. The molecule has 0 radical (unpaired) electrons. The molecule has 0 aromatic heterocycles. The largest absolute Gasteiger partial charge is 0.389 e. The quantitative estimate of drug-likeness (QED) is 0.618. The molecule has 1 aliphatic carbocycles. The predicted octanol–water partition coefficient (Wildman–Crippen LogP) is 0.705. The van der Waals surface area contributed by atoms with Crippen molar-refractivity contribution in [2.45, 2.75) is 25.4 Å². The molecule has 3 nitrogen and oxygen atoms in total. The van der Waals surface area contributed by atoms with Gasteiger partial charge in [0.1, 0.15) is 0 Å². The van der Waals surface area contributed by atoms with Crippen LogP contribution in [0.25, 0.3) is 0 Å². The molecule has 1 unspecified atom stereocenters. The minimum absolute atomic E-state index is 0.285. The van der Waals surface area contributed by atoms with E-state index in [0.29, 0.717) is 13.2 Å². The van der Waals surface area contributed by atoms with E-state index in [1.165, 1.54) is 24.8 Å². The standard InChI is InChI=1S/C9H15NO2/c11-9-6-10(12-7-9)5-8-3-1-2-4-8/h3,9,11H,1-2,4-7H2. The van der Waals surface area contributed by atoms with Gasteiger partial charge < -0.3 is 5.11 Å². The first-order chi connectivity index (χ1) is 5.84. The Labute approximate surface area is 72.6 Å². The van der Waals surface area contributed by atoms with Gasteiger partial charge in [0, 0.05) is 6.54 Å². The van der Waals surface area contributed by atoms with Crippen LogP contribution in [0, 0.1) is 0 Å². The van der Waals surface area contributed by atoms with E-state index in [0.717, 1.165) is 6.54 Å². The SMILES string of the molecule is OC1CON(CC2=CCCC2)C1. The summed E-state index contributed by atoms with van der Waals surface area (Å²) >= 11 is 0. The van der Waals surface area contributed by atoms with Gasteiger partial charge in [-0.25, -0.2) is 0 Å². The molecule has 1 N–H and O–H groups in total. The van der Waals surface area contributed by atoms with Gasteiger partial charge in [-0.15, -0.1) is 0 Å². The van der Waals surface area contributed by atoms with Crippen molar-refractivity contribution in [3.8, 4) is 0 Å². The fourth-order valence-electron chi connectivity index (χ4n) is 1.75. The molecule has 2 aliphatic rings. The molecule has 68 valence electrons. The second kappa shape index (κ2) is 3.56. The van der Waals surface area contributed by atoms with E-state index < -0.39 is 0 Å². The van der Waals surface area contributed by atoms with Gasteiger partial charge in [-0.1, -0.05) is 11.6 Å². The molecule has 0 aromatic carbocycles. The lowest BCUT2D eigenvalue weighted by atomic mass is 10.2. The first-order valence-electron chi connectivity index (χ1n) is 4.58. The highest BCUT2D eigenvalue weighted by Crippen LogP contribution is 2.19. The summed E-state index contributed by atoms with van der Waals surface area (Å²) in [5.41, 5.74) is 1.46. The summed E-state index contributed by atoms with van der Waals surface area (Å²) in [5.74, 6) is 0. The van der Waals surface area contributed by atoms with Gasteiger partial charge in [-0.2, -0.15) is 5.06 Å². The monoisotopic (exact) mass is 169 g/mol. The van der Waals surface area contributed by atoms with Crippen molar-refractivity contribution in [2.75, 3.05) is 19.7 Å². The van der Waals surface area contributed by atoms with Gasteiger partial charge in [0.25, 0.3) is 0 Å². The van der Waals surface area contributed by atoms with Crippen LogP contribution in [-0.4, -0.2) is 36.0 Å². The highest BCUT2D eigenvalue weighted by atomic mass is 16.7. The Bertz CT molecular complexity index is 191. The van der Waals surface area contributed by atoms with Crippen molar-refractivity contribution in [1.82, 2.24) is 5.06 Å².